The number of carbonyl (C=O) groups is 2. The Morgan fingerprint density at radius 2 is 2.17 bits per heavy atom. The summed E-state index contributed by atoms with van der Waals surface area (Å²) in [5, 5.41) is 12.2. The molecule has 0 aromatic heterocycles. The van der Waals surface area contributed by atoms with Crippen molar-refractivity contribution in [1.82, 2.24) is 5.32 Å². The van der Waals surface area contributed by atoms with Crippen LogP contribution in [0, 0.1) is 5.92 Å². The van der Waals surface area contributed by atoms with E-state index in [1.54, 1.807) is 11.0 Å². The zero-order chi connectivity index (χ0) is 16.4. The second kappa shape index (κ2) is 6.71. The number of nitrogens with one attached hydrogen (secondary N) is 1. The third-order valence-electron chi connectivity index (χ3n) is 4.79. The number of anilines is 1. The van der Waals surface area contributed by atoms with Gasteiger partial charge in [-0.1, -0.05) is 6.92 Å². The Kier molecular flexibility index (Phi) is 4.66. The van der Waals surface area contributed by atoms with Gasteiger partial charge >= 0.3 is 0 Å². The van der Waals surface area contributed by atoms with E-state index < -0.39 is 0 Å². The Balaban J connectivity index is 1.72. The van der Waals surface area contributed by atoms with E-state index in [-0.39, 0.29) is 24.5 Å². The van der Waals surface area contributed by atoms with Crippen LogP contribution >= 0.6 is 0 Å². The summed E-state index contributed by atoms with van der Waals surface area (Å²) in [5.41, 5.74) is 2.63. The first-order valence-corrected chi connectivity index (χ1v) is 8.49. The highest BCUT2D eigenvalue weighted by Gasteiger charge is 2.32. The van der Waals surface area contributed by atoms with Crippen molar-refractivity contribution in [3.05, 3.63) is 29.3 Å². The lowest BCUT2D eigenvalue weighted by Gasteiger charge is -2.18. The Morgan fingerprint density at radius 3 is 2.83 bits per heavy atom. The summed E-state index contributed by atoms with van der Waals surface area (Å²) >= 11 is 0. The molecule has 3 rings (SSSR count). The zero-order valence-electron chi connectivity index (χ0n) is 13.5. The van der Waals surface area contributed by atoms with Gasteiger partial charge in [-0.25, -0.2) is 0 Å². The lowest BCUT2D eigenvalue weighted by Crippen LogP contribution is -2.37. The minimum Gasteiger partial charge on any atom is -0.396 e. The van der Waals surface area contributed by atoms with Gasteiger partial charge in [0, 0.05) is 36.9 Å². The zero-order valence-corrected chi connectivity index (χ0v) is 13.5. The molecule has 0 spiro atoms. The molecular formula is C18H24N2O3. The molecule has 2 aliphatic rings. The fourth-order valence-electron chi connectivity index (χ4n) is 3.31. The molecular weight excluding hydrogens is 292 g/mol. The first-order chi connectivity index (χ1) is 11.1. The number of fused-ring (bicyclic) bond motifs is 1. The smallest absolute Gasteiger partial charge is 0.251 e. The molecule has 1 aromatic rings. The minimum absolute atomic E-state index is 0.0684. The Labute approximate surface area is 136 Å². The van der Waals surface area contributed by atoms with Gasteiger partial charge in [-0.2, -0.15) is 0 Å². The highest BCUT2D eigenvalue weighted by Crippen LogP contribution is 2.34. The van der Waals surface area contributed by atoms with E-state index in [4.69, 9.17) is 5.11 Å². The molecule has 124 valence electrons. The monoisotopic (exact) mass is 316 g/mol. The summed E-state index contributed by atoms with van der Waals surface area (Å²) < 4.78 is 0. The van der Waals surface area contributed by atoms with Crippen LogP contribution in [-0.4, -0.2) is 36.1 Å². The quantitative estimate of drug-likeness (QED) is 0.842. The largest absolute Gasteiger partial charge is 0.396 e. The van der Waals surface area contributed by atoms with Crippen LogP contribution in [0.3, 0.4) is 0 Å². The van der Waals surface area contributed by atoms with Crippen molar-refractivity contribution in [2.24, 2.45) is 5.92 Å². The van der Waals surface area contributed by atoms with E-state index in [0.29, 0.717) is 30.9 Å². The summed E-state index contributed by atoms with van der Waals surface area (Å²) in [7, 11) is 0. The molecule has 2 N–H and O–H groups in total. The van der Waals surface area contributed by atoms with Crippen LogP contribution in [-0.2, 0) is 11.2 Å². The number of amides is 2. The van der Waals surface area contributed by atoms with Crippen molar-refractivity contribution in [3.63, 3.8) is 0 Å². The molecule has 1 saturated carbocycles. The summed E-state index contributed by atoms with van der Waals surface area (Å²) in [6.45, 7) is 2.66. The average molecular weight is 316 g/mol. The van der Waals surface area contributed by atoms with Gasteiger partial charge in [0.15, 0.2) is 0 Å². The van der Waals surface area contributed by atoms with Crippen molar-refractivity contribution in [2.75, 3.05) is 18.1 Å². The molecule has 5 nitrogen and oxygen atoms in total. The van der Waals surface area contributed by atoms with Crippen molar-refractivity contribution >= 4 is 17.5 Å². The number of aliphatic hydroxyl groups excluding tert-OH is 1. The summed E-state index contributed by atoms with van der Waals surface area (Å²) in [4.78, 5) is 26.2. The second-order valence-electron chi connectivity index (χ2n) is 6.42. The molecule has 1 aliphatic heterocycles. The summed E-state index contributed by atoms with van der Waals surface area (Å²) in [6.07, 6.45) is 4.16. The third kappa shape index (κ3) is 3.39. The van der Waals surface area contributed by atoms with Crippen LogP contribution in [0.5, 0.6) is 0 Å². The molecule has 1 heterocycles. The standard InChI is InChI=1S/C18H24N2O3/c1-2-17(22)20-9-7-13-11-14(5-6-16(13)20)18(23)19-15(8-10-21)12-3-4-12/h5-6,11-12,15,21H,2-4,7-10H2,1H3,(H,19,23). The number of hydrogen-bond acceptors (Lipinski definition) is 3. The van der Waals surface area contributed by atoms with Crippen LogP contribution in [0.15, 0.2) is 18.2 Å². The maximum absolute atomic E-state index is 12.5. The molecule has 1 atom stereocenters. The maximum Gasteiger partial charge on any atom is 0.251 e. The molecule has 1 aliphatic carbocycles. The number of carbonyl (C=O) groups excluding carboxylic acids is 2. The highest BCUT2D eigenvalue weighted by molar-refractivity contribution is 5.98. The number of benzene rings is 1. The van der Waals surface area contributed by atoms with Gasteiger partial charge in [0.05, 0.1) is 0 Å². The second-order valence-corrected chi connectivity index (χ2v) is 6.42. The van der Waals surface area contributed by atoms with Gasteiger partial charge < -0.3 is 15.3 Å². The maximum atomic E-state index is 12.5. The SMILES string of the molecule is CCC(=O)N1CCc2cc(C(=O)NC(CCO)C3CC3)ccc21. The van der Waals surface area contributed by atoms with Gasteiger partial charge in [0.1, 0.15) is 0 Å². The summed E-state index contributed by atoms with van der Waals surface area (Å²) in [6, 6.07) is 5.64. The van der Waals surface area contributed by atoms with Crippen LogP contribution in [0.25, 0.3) is 0 Å². The van der Waals surface area contributed by atoms with E-state index in [1.165, 1.54) is 0 Å². The number of aliphatic hydroxyl groups is 1. The normalized spacial score (nSPS) is 17.7. The van der Waals surface area contributed by atoms with Gasteiger partial charge in [-0.3, -0.25) is 9.59 Å². The first kappa shape index (κ1) is 16.0. The topological polar surface area (TPSA) is 69.6 Å². The van der Waals surface area contributed by atoms with E-state index >= 15 is 0 Å². The lowest BCUT2D eigenvalue weighted by molar-refractivity contribution is -0.118. The molecule has 0 bridgehead atoms. The molecule has 5 heteroatoms. The Bertz CT molecular complexity index is 610. The molecule has 2 amide bonds. The van der Waals surface area contributed by atoms with Crippen molar-refractivity contribution < 1.29 is 14.7 Å². The Morgan fingerprint density at radius 1 is 1.39 bits per heavy atom. The van der Waals surface area contributed by atoms with E-state index in [1.807, 2.05) is 19.1 Å². The van der Waals surface area contributed by atoms with E-state index in [9.17, 15) is 9.59 Å². The van der Waals surface area contributed by atoms with Crippen LogP contribution in [0.1, 0.15) is 48.5 Å². The predicted octanol–water partition coefficient (Wildman–Crippen LogP) is 1.88. The van der Waals surface area contributed by atoms with Crippen molar-refractivity contribution in [2.45, 2.75) is 45.1 Å². The van der Waals surface area contributed by atoms with Crippen molar-refractivity contribution in [3.8, 4) is 0 Å². The van der Waals surface area contributed by atoms with Crippen LogP contribution < -0.4 is 10.2 Å². The van der Waals surface area contributed by atoms with Crippen LogP contribution in [0.4, 0.5) is 5.69 Å². The van der Waals surface area contributed by atoms with E-state index in [2.05, 4.69) is 5.32 Å². The van der Waals surface area contributed by atoms with Gasteiger partial charge in [0.2, 0.25) is 5.91 Å². The number of nitrogens with zero attached hydrogens (tertiary/aromatic N) is 1. The fourth-order valence-corrected chi connectivity index (χ4v) is 3.31. The number of rotatable bonds is 6. The predicted molar refractivity (Wildman–Crippen MR) is 88.5 cm³/mol. The molecule has 0 saturated heterocycles. The summed E-state index contributed by atoms with van der Waals surface area (Å²) in [5.74, 6) is 0.550. The van der Waals surface area contributed by atoms with E-state index in [0.717, 1.165) is 30.5 Å². The van der Waals surface area contributed by atoms with Crippen molar-refractivity contribution in [1.29, 1.82) is 0 Å². The van der Waals surface area contributed by atoms with Crippen LogP contribution in [0.2, 0.25) is 0 Å². The highest BCUT2D eigenvalue weighted by atomic mass is 16.3. The minimum atomic E-state index is -0.0848. The number of hydrogen-bond donors (Lipinski definition) is 2. The average Bonchev–Trinajstić information content (AvgIpc) is 3.32. The molecule has 1 aromatic carbocycles. The van der Waals surface area contributed by atoms with Gasteiger partial charge in [-0.05, 0) is 55.4 Å². The first-order valence-electron chi connectivity index (χ1n) is 8.49. The molecule has 0 radical (unpaired) electrons. The Hall–Kier alpha value is -1.88. The third-order valence-corrected chi connectivity index (χ3v) is 4.79. The van der Waals surface area contributed by atoms with Gasteiger partial charge in [-0.15, -0.1) is 0 Å². The molecule has 23 heavy (non-hydrogen) atoms. The molecule has 1 fully saturated rings. The molecule has 1 unspecified atom stereocenters. The fraction of sp³-hybridized carbons (Fsp3) is 0.556. The lowest BCUT2D eigenvalue weighted by atomic mass is 10.1. The van der Waals surface area contributed by atoms with Gasteiger partial charge in [0.25, 0.3) is 5.91 Å².